The van der Waals surface area contributed by atoms with Crippen LogP contribution in [0.2, 0.25) is 0 Å². The lowest BCUT2D eigenvalue weighted by molar-refractivity contribution is -0.149. The fourth-order valence-electron chi connectivity index (χ4n) is 3.91. The topological polar surface area (TPSA) is 93.6 Å². The van der Waals surface area contributed by atoms with Crippen molar-refractivity contribution in [1.29, 1.82) is 0 Å². The smallest absolute Gasteiger partial charge is 0.331 e. The van der Waals surface area contributed by atoms with E-state index in [1.165, 1.54) is 11.0 Å². The number of aromatic nitrogens is 1. The van der Waals surface area contributed by atoms with Gasteiger partial charge < -0.3 is 9.64 Å². The Balaban J connectivity index is 1.42. The van der Waals surface area contributed by atoms with Gasteiger partial charge in [0.2, 0.25) is 0 Å². The number of rotatable bonds is 7. The molecule has 2 aromatic carbocycles. The first-order valence-corrected chi connectivity index (χ1v) is 12.5. The van der Waals surface area contributed by atoms with Crippen LogP contribution in [0.25, 0.3) is 17.0 Å². The molecule has 1 fully saturated rings. The molecule has 1 aliphatic rings. The van der Waals surface area contributed by atoms with Crippen molar-refractivity contribution in [2.75, 3.05) is 18.1 Å². The fraction of sp³-hybridized carbons (Fsp3) is 0.240. The van der Waals surface area contributed by atoms with Gasteiger partial charge in [0.15, 0.2) is 16.4 Å². The van der Waals surface area contributed by atoms with E-state index in [1.54, 1.807) is 12.3 Å². The molecule has 1 unspecified atom stereocenters. The van der Waals surface area contributed by atoms with Gasteiger partial charge in [0.1, 0.15) is 0 Å². The van der Waals surface area contributed by atoms with Crippen LogP contribution in [0.1, 0.15) is 17.5 Å². The number of para-hydroxylation sites is 1. The van der Waals surface area contributed by atoms with E-state index in [4.69, 9.17) is 4.74 Å². The highest BCUT2D eigenvalue weighted by Crippen LogP contribution is 2.21. The third-order valence-corrected chi connectivity index (χ3v) is 7.32. The van der Waals surface area contributed by atoms with Crippen LogP contribution in [0.4, 0.5) is 0 Å². The second-order valence-electron chi connectivity index (χ2n) is 7.93. The molecule has 33 heavy (non-hydrogen) atoms. The average Bonchev–Trinajstić information content (AvgIpc) is 3.19. The summed E-state index contributed by atoms with van der Waals surface area (Å²) in [5.74, 6) is -1.10. The highest BCUT2D eigenvalue weighted by Gasteiger charge is 2.34. The molecule has 0 N–H and O–H groups in total. The molecule has 0 bridgehead atoms. The summed E-state index contributed by atoms with van der Waals surface area (Å²) in [6, 6.07) is 18.3. The fourth-order valence-corrected chi connectivity index (χ4v) is 5.64. The molecular weight excluding hydrogens is 440 g/mol. The van der Waals surface area contributed by atoms with Crippen molar-refractivity contribution in [2.45, 2.75) is 19.0 Å². The number of sulfone groups is 1. The lowest BCUT2D eigenvalue weighted by Crippen LogP contribution is -2.42. The Morgan fingerprint density at radius 2 is 1.85 bits per heavy atom. The Morgan fingerprint density at radius 1 is 1.06 bits per heavy atom. The van der Waals surface area contributed by atoms with Gasteiger partial charge in [-0.3, -0.25) is 9.78 Å². The van der Waals surface area contributed by atoms with Crippen molar-refractivity contribution in [3.05, 3.63) is 84.1 Å². The molecule has 7 nitrogen and oxygen atoms in total. The molecule has 0 saturated carbocycles. The van der Waals surface area contributed by atoms with Gasteiger partial charge in [-0.1, -0.05) is 54.6 Å². The van der Waals surface area contributed by atoms with E-state index in [0.717, 1.165) is 22.0 Å². The van der Waals surface area contributed by atoms with E-state index in [0.29, 0.717) is 6.42 Å². The number of esters is 1. The summed E-state index contributed by atoms with van der Waals surface area (Å²) in [5, 5.41) is 0.950. The van der Waals surface area contributed by atoms with Gasteiger partial charge in [0, 0.05) is 35.8 Å². The number of carbonyl (C=O) groups is 2. The molecule has 3 aromatic rings. The summed E-state index contributed by atoms with van der Waals surface area (Å²) < 4.78 is 29.1. The van der Waals surface area contributed by atoms with Crippen LogP contribution in [0.5, 0.6) is 0 Å². The number of hydrogen-bond donors (Lipinski definition) is 0. The van der Waals surface area contributed by atoms with Crippen LogP contribution in [-0.4, -0.2) is 54.3 Å². The van der Waals surface area contributed by atoms with Crippen LogP contribution >= 0.6 is 0 Å². The van der Waals surface area contributed by atoms with E-state index < -0.39 is 34.4 Å². The lowest BCUT2D eigenvalue weighted by atomic mass is 10.1. The zero-order valence-electron chi connectivity index (χ0n) is 18.0. The summed E-state index contributed by atoms with van der Waals surface area (Å²) in [4.78, 5) is 31.0. The Kier molecular flexibility index (Phi) is 6.84. The molecule has 2 heterocycles. The number of nitrogens with zero attached hydrogens (tertiary/aromatic N) is 2. The molecule has 0 spiro atoms. The minimum absolute atomic E-state index is 0.0534. The maximum Gasteiger partial charge on any atom is 0.331 e. The highest BCUT2D eigenvalue weighted by molar-refractivity contribution is 7.91. The van der Waals surface area contributed by atoms with Crippen LogP contribution in [0, 0.1) is 0 Å². The summed E-state index contributed by atoms with van der Waals surface area (Å²) in [6.07, 6.45) is 4.93. The minimum atomic E-state index is -3.17. The molecule has 4 rings (SSSR count). The van der Waals surface area contributed by atoms with Gasteiger partial charge in [0.05, 0.1) is 17.0 Å². The first-order valence-electron chi connectivity index (χ1n) is 10.6. The van der Waals surface area contributed by atoms with Crippen LogP contribution < -0.4 is 0 Å². The van der Waals surface area contributed by atoms with Crippen molar-refractivity contribution < 1.29 is 22.7 Å². The first-order chi connectivity index (χ1) is 15.9. The number of ether oxygens (including phenoxy) is 1. The van der Waals surface area contributed by atoms with Crippen molar-refractivity contribution in [3.63, 3.8) is 0 Å². The monoisotopic (exact) mass is 464 g/mol. The molecule has 1 aliphatic heterocycles. The summed E-state index contributed by atoms with van der Waals surface area (Å²) >= 11 is 0. The van der Waals surface area contributed by atoms with Crippen molar-refractivity contribution in [1.82, 2.24) is 9.88 Å². The van der Waals surface area contributed by atoms with Crippen LogP contribution in [0.15, 0.2) is 72.9 Å². The van der Waals surface area contributed by atoms with E-state index in [9.17, 15) is 18.0 Å². The molecule has 1 amide bonds. The van der Waals surface area contributed by atoms with Crippen molar-refractivity contribution in [2.24, 2.45) is 0 Å². The normalized spacial score (nSPS) is 17.3. The summed E-state index contributed by atoms with van der Waals surface area (Å²) in [6.45, 7) is -0.199. The minimum Gasteiger partial charge on any atom is -0.452 e. The molecule has 1 saturated heterocycles. The average molecular weight is 465 g/mol. The number of pyridine rings is 1. The lowest BCUT2D eigenvalue weighted by Gasteiger charge is -2.28. The zero-order chi connectivity index (χ0) is 23.3. The largest absolute Gasteiger partial charge is 0.452 e. The molecule has 170 valence electrons. The van der Waals surface area contributed by atoms with Crippen molar-refractivity contribution in [3.8, 4) is 0 Å². The molecule has 1 aromatic heterocycles. The predicted molar refractivity (Wildman–Crippen MR) is 126 cm³/mol. The maximum absolute atomic E-state index is 12.9. The third kappa shape index (κ3) is 5.84. The first kappa shape index (κ1) is 22.7. The Hall–Kier alpha value is -3.52. The van der Waals surface area contributed by atoms with Gasteiger partial charge in [-0.05, 0) is 24.1 Å². The van der Waals surface area contributed by atoms with E-state index in [-0.39, 0.29) is 18.1 Å². The highest BCUT2D eigenvalue weighted by atomic mass is 32.2. The van der Waals surface area contributed by atoms with Gasteiger partial charge in [0.25, 0.3) is 5.91 Å². The molecule has 0 aliphatic carbocycles. The van der Waals surface area contributed by atoms with Gasteiger partial charge in [-0.25, -0.2) is 13.2 Å². The zero-order valence-corrected chi connectivity index (χ0v) is 18.8. The van der Waals surface area contributed by atoms with E-state index >= 15 is 0 Å². The number of hydrogen-bond acceptors (Lipinski definition) is 6. The predicted octanol–water partition coefficient (Wildman–Crippen LogP) is 3.01. The van der Waals surface area contributed by atoms with Gasteiger partial charge in [-0.2, -0.15) is 0 Å². The number of amides is 1. The Bertz CT molecular complexity index is 1280. The quantitative estimate of drug-likeness (QED) is 0.394. The summed E-state index contributed by atoms with van der Waals surface area (Å²) in [7, 11) is -3.17. The number of carbonyl (C=O) groups excluding carboxylic acids is 2. The van der Waals surface area contributed by atoms with Crippen LogP contribution in [-0.2, 0) is 30.7 Å². The Labute approximate surface area is 192 Å². The molecule has 1 atom stereocenters. The van der Waals surface area contributed by atoms with E-state index in [1.807, 2.05) is 60.7 Å². The van der Waals surface area contributed by atoms with Gasteiger partial charge >= 0.3 is 5.97 Å². The maximum atomic E-state index is 12.9. The second-order valence-corrected chi connectivity index (χ2v) is 10.2. The molecular formula is C25H24N2O5S. The summed E-state index contributed by atoms with van der Waals surface area (Å²) in [5.41, 5.74) is 2.40. The third-order valence-electron chi connectivity index (χ3n) is 5.57. The number of benzene rings is 2. The van der Waals surface area contributed by atoms with Crippen molar-refractivity contribution >= 4 is 38.7 Å². The molecule has 0 radical (unpaired) electrons. The van der Waals surface area contributed by atoms with Crippen LogP contribution in [0.3, 0.4) is 0 Å². The van der Waals surface area contributed by atoms with E-state index in [2.05, 4.69) is 4.98 Å². The Morgan fingerprint density at radius 3 is 2.61 bits per heavy atom. The molecule has 8 heteroatoms. The standard InChI is InChI=1S/C25H24N2O5S/c28-23(27(16-19-6-2-1-3-7-19)22-13-15-33(30,31)18-22)17-32-24(29)12-11-21-9-4-8-20-10-5-14-26-25(20)21/h1-12,14,22H,13,15-18H2/b12-11+. The second kappa shape index (κ2) is 9.95. The van der Waals surface area contributed by atoms with Gasteiger partial charge in [-0.15, -0.1) is 0 Å². The SMILES string of the molecule is O=C(/C=C/c1cccc2cccnc12)OCC(=O)N(Cc1ccccc1)C1CCS(=O)(=O)C1. The number of fused-ring (bicyclic) bond motifs is 1.